The Morgan fingerprint density at radius 1 is 1.10 bits per heavy atom. The Bertz CT molecular complexity index is 1250. The summed E-state index contributed by atoms with van der Waals surface area (Å²) >= 11 is 1.39. The molecule has 0 spiro atoms. The van der Waals surface area contributed by atoms with Crippen LogP contribution in [-0.4, -0.2) is 29.8 Å². The van der Waals surface area contributed by atoms with Gasteiger partial charge in [-0.2, -0.15) is 4.31 Å². The third-order valence-corrected chi connectivity index (χ3v) is 8.19. The van der Waals surface area contributed by atoms with Crippen LogP contribution < -0.4 is 0 Å². The maximum atomic E-state index is 12.9. The van der Waals surface area contributed by atoms with Crippen LogP contribution in [0.3, 0.4) is 0 Å². The first-order valence-corrected chi connectivity index (χ1v) is 11.7. The fraction of sp³-hybridized carbons (Fsp3) is 0.174. The van der Waals surface area contributed by atoms with Gasteiger partial charge in [0, 0.05) is 20.9 Å². The van der Waals surface area contributed by atoms with Crippen LogP contribution in [0.25, 0.3) is 10.4 Å². The molecule has 5 nitrogen and oxygen atoms in total. The molecule has 0 bridgehead atoms. The van der Waals surface area contributed by atoms with Gasteiger partial charge in [0.1, 0.15) is 6.04 Å². The van der Waals surface area contributed by atoms with E-state index in [9.17, 15) is 18.3 Å². The van der Waals surface area contributed by atoms with Gasteiger partial charge in [0.25, 0.3) is 0 Å². The predicted octanol–water partition coefficient (Wildman–Crippen LogP) is 4.18. The predicted molar refractivity (Wildman–Crippen MR) is 117 cm³/mol. The van der Waals surface area contributed by atoms with Crippen LogP contribution in [0.4, 0.5) is 0 Å². The molecule has 1 unspecified atom stereocenters. The maximum Gasteiger partial charge on any atom is 0.322 e. The average Bonchev–Trinajstić information content (AvgIpc) is 3.27. The minimum absolute atomic E-state index is 0.105. The van der Waals surface area contributed by atoms with Crippen LogP contribution in [0.2, 0.25) is 0 Å². The van der Waals surface area contributed by atoms with Gasteiger partial charge in [-0.3, -0.25) is 4.79 Å². The lowest BCUT2D eigenvalue weighted by Crippen LogP contribution is -2.40. The van der Waals surface area contributed by atoms with Crippen molar-refractivity contribution in [2.24, 2.45) is 0 Å². The molecule has 7 heteroatoms. The number of hydrogen-bond acceptors (Lipinski definition) is 4. The first-order chi connectivity index (χ1) is 14.4. The maximum absolute atomic E-state index is 12.9. The number of sulfonamides is 1. The highest BCUT2D eigenvalue weighted by molar-refractivity contribution is 7.89. The zero-order chi connectivity index (χ0) is 21.3. The first-order valence-electron chi connectivity index (χ1n) is 9.45. The standard InChI is InChI=1S/C23H19NO4S2/c1-2-19(23(25)26)24-15-21-22(30(24,27)28)14-20(29-21)18-12-10-17(11-13-18)9-8-16-6-4-3-5-7-16/h3-7,10-14,19H,2,15H2,1H3,(H,25,26). The highest BCUT2D eigenvalue weighted by Crippen LogP contribution is 2.42. The fourth-order valence-electron chi connectivity index (χ4n) is 3.40. The Kier molecular flexibility index (Phi) is 5.48. The Morgan fingerprint density at radius 2 is 1.73 bits per heavy atom. The molecule has 3 aromatic rings. The quantitative estimate of drug-likeness (QED) is 0.622. The molecule has 1 aliphatic heterocycles. The van der Waals surface area contributed by atoms with Crippen LogP contribution >= 0.6 is 11.3 Å². The zero-order valence-corrected chi connectivity index (χ0v) is 17.8. The molecule has 0 saturated carbocycles. The number of carboxylic acids is 1. The van der Waals surface area contributed by atoms with Crippen LogP contribution in [0.5, 0.6) is 0 Å². The summed E-state index contributed by atoms with van der Waals surface area (Å²) in [6.07, 6.45) is 0.224. The molecule has 0 aliphatic carbocycles. The lowest BCUT2D eigenvalue weighted by Gasteiger charge is -2.21. The van der Waals surface area contributed by atoms with E-state index in [-0.39, 0.29) is 17.9 Å². The summed E-state index contributed by atoms with van der Waals surface area (Å²) < 4.78 is 26.8. The summed E-state index contributed by atoms with van der Waals surface area (Å²) in [6, 6.07) is 18.0. The highest BCUT2D eigenvalue weighted by Gasteiger charge is 2.42. The lowest BCUT2D eigenvalue weighted by molar-refractivity contribution is -0.141. The summed E-state index contributed by atoms with van der Waals surface area (Å²) in [5.74, 6) is 5.11. The van der Waals surface area contributed by atoms with Gasteiger partial charge in [-0.25, -0.2) is 8.42 Å². The van der Waals surface area contributed by atoms with Gasteiger partial charge in [-0.05, 0) is 42.3 Å². The molecule has 152 valence electrons. The van der Waals surface area contributed by atoms with Gasteiger partial charge in [0.2, 0.25) is 10.0 Å². The van der Waals surface area contributed by atoms with Crippen LogP contribution in [0.1, 0.15) is 29.3 Å². The second-order valence-electron chi connectivity index (χ2n) is 6.90. The van der Waals surface area contributed by atoms with Gasteiger partial charge >= 0.3 is 5.97 Å². The number of nitrogens with zero attached hydrogens (tertiary/aromatic N) is 1. The lowest BCUT2D eigenvalue weighted by atomic mass is 10.1. The van der Waals surface area contributed by atoms with E-state index in [2.05, 4.69) is 11.8 Å². The number of carboxylic acid groups (broad SMARTS) is 1. The normalized spacial score (nSPS) is 15.8. The molecule has 1 atom stereocenters. The fourth-order valence-corrected chi connectivity index (χ4v) is 6.80. The molecular weight excluding hydrogens is 418 g/mol. The second-order valence-corrected chi connectivity index (χ2v) is 9.90. The smallest absolute Gasteiger partial charge is 0.322 e. The van der Waals surface area contributed by atoms with E-state index in [1.54, 1.807) is 13.0 Å². The second kappa shape index (κ2) is 8.07. The molecule has 0 amide bonds. The third kappa shape index (κ3) is 3.77. The Morgan fingerprint density at radius 3 is 2.30 bits per heavy atom. The number of benzene rings is 2. The van der Waals surface area contributed by atoms with E-state index in [4.69, 9.17) is 0 Å². The SMILES string of the molecule is CCC(C(=O)O)N1Cc2sc(-c3ccc(C#Cc4ccccc4)cc3)cc2S1(=O)=O. The number of fused-ring (bicyclic) bond motifs is 1. The van der Waals surface area contributed by atoms with Crippen LogP contribution in [0, 0.1) is 11.8 Å². The average molecular weight is 438 g/mol. The summed E-state index contributed by atoms with van der Waals surface area (Å²) in [5, 5.41) is 9.34. The molecule has 1 N–H and O–H groups in total. The number of carbonyl (C=O) groups is 1. The van der Waals surface area contributed by atoms with Gasteiger partial charge in [0.05, 0.1) is 11.4 Å². The molecule has 30 heavy (non-hydrogen) atoms. The summed E-state index contributed by atoms with van der Waals surface area (Å²) in [5.41, 5.74) is 2.72. The Hall–Kier alpha value is -2.92. The van der Waals surface area contributed by atoms with Crippen molar-refractivity contribution in [3.05, 3.63) is 76.7 Å². The number of rotatable bonds is 4. The van der Waals surface area contributed by atoms with Gasteiger partial charge < -0.3 is 5.11 Å². The van der Waals surface area contributed by atoms with Gasteiger partial charge in [-0.1, -0.05) is 49.1 Å². The van der Waals surface area contributed by atoms with Gasteiger partial charge in [-0.15, -0.1) is 11.3 Å². The van der Waals surface area contributed by atoms with E-state index in [1.807, 2.05) is 54.6 Å². The van der Waals surface area contributed by atoms with Crippen LogP contribution in [-0.2, 0) is 21.4 Å². The third-order valence-electron chi connectivity index (χ3n) is 4.97. The van der Waals surface area contributed by atoms with Crippen molar-refractivity contribution in [3.8, 4) is 22.3 Å². The summed E-state index contributed by atoms with van der Waals surface area (Å²) in [7, 11) is -3.80. The highest BCUT2D eigenvalue weighted by atomic mass is 32.2. The van der Waals surface area contributed by atoms with E-state index in [0.717, 1.165) is 25.9 Å². The van der Waals surface area contributed by atoms with E-state index in [0.29, 0.717) is 4.88 Å². The van der Waals surface area contributed by atoms with Crippen LogP contribution in [0.15, 0.2) is 65.6 Å². The molecule has 2 aromatic carbocycles. The minimum Gasteiger partial charge on any atom is -0.480 e. The number of thiophene rings is 1. The largest absolute Gasteiger partial charge is 0.480 e. The molecule has 0 fully saturated rings. The molecule has 1 aliphatic rings. The minimum atomic E-state index is -3.80. The van der Waals surface area contributed by atoms with Crippen molar-refractivity contribution in [3.63, 3.8) is 0 Å². The zero-order valence-electron chi connectivity index (χ0n) is 16.2. The number of hydrogen-bond donors (Lipinski definition) is 1. The molecular formula is C23H19NO4S2. The van der Waals surface area contributed by atoms with Crippen molar-refractivity contribution in [2.45, 2.75) is 30.8 Å². The van der Waals surface area contributed by atoms with Gasteiger partial charge in [0.15, 0.2) is 0 Å². The Labute approximate surface area is 179 Å². The first kappa shape index (κ1) is 20.4. The molecule has 4 rings (SSSR count). The van der Waals surface area contributed by atoms with E-state index >= 15 is 0 Å². The van der Waals surface area contributed by atoms with Crippen molar-refractivity contribution in [1.29, 1.82) is 0 Å². The van der Waals surface area contributed by atoms with E-state index < -0.39 is 22.0 Å². The van der Waals surface area contributed by atoms with Crippen molar-refractivity contribution in [2.75, 3.05) is 0 Å². The van der Waals surface area contributed by atoms with Crippen molar-refractivity contribution in [1.82, 2.24) is 4.31 Å². The van der Waals surface area contributed by atoms with Crippen molar-refractivity contribution >= 4 is 27.3 Å². The Balaban J connectivity index is 1.57. The summed E-state index contributed by atoms with van der Waals surface area (Å²) in [4.78, 5) is 13.2. The molecule has 0 radical (unpaired) electrons. The number of aliphatic carboxylic acids is 1. The topological polar surface area (TPSA) is 74.7 Å². The molecule has 0 saturated heterocycles. The molecule has 1 aromatic heterocycles. The van der Waals surface area contributed by atoms with E-state index in [1.165, 1.54) is 11.3 Å². The molecule has 2 heterocycles. The monoisotopic (exact) mass is 437 g/mol. The van der Waals surface area contributed by atoms with Crippen molar-refractivity contribution < 1.29 is 18.3 Å². The summed E-state index contributed by atoms with van der Waals surface area (Å²) in [6.45, 7) is 1.78.